The molecular formula is C14H14O. The lowest BCUT2D eigenvalue weighted by molar-refractivity contribution is 0.475. The quantitative estimate of drug-likeness (QED) is 0.781. The van der Waals surface area contributed by atoms with Crippen LogP contribution in [0, 0.1) is 0 Å². The number of aromatic hydroxyl groups is 1. The summed E-state index contributed by atoms with van der Waals surface area (Å²) in [5.74, 6) is 0.325. The molecule has 0 unspecified atom stereocenters. The molecule has 0 amide bonds. The second-order valence-corrected chi connectivity index (χ2v) is 3.56. The summed E-state index contributed by atoms with van der Waals surface area (Å²) < 4.78 is 0. The minimum absolute atomic E-state index is 0.325. The van der Waals surface area contributed by atoms with Crippen molar-refractivity contribution in [2.45, 2.75) is 13.3 Å². The van der Waals surface area contributed by atoms with Crippen molar-refractivity contribution in [2.24, 2.45) is 0 Å². The molecule has 1 nitrogen and oxygen atoms in total. The fourth-order valence-electron chi connectivity index (χ4n) is 1.76. The molecule has 0 saturated heterocycles. The van der Waals surface area contributed by atoms with E-state index in [1.807, 2.05) is 30.3 Å². The third-order valence-corrected chi connectivity index (χ3v) is 2.56. The van der Waals surface area contributed by atoms with Gasteiger partial charge < -0.3 is 5.11 Å². The highest BCUT2D eigenvalue weighted by Gasteiger charge is 2.03. The maximum Gasteiger partial charge on any atom is 0.116 e. The lowest BCUT2D eigenvalue weighted by Gasteiger charge is -2.08. The zero-order valence-electron chi connectivity index (χ0n) is 8.77. The van der Waals surface area contributed by atoms with Gasteiger partial charge in [-0.1, -0.05) is 43.3 Å². The van der Waals surface area contributed by atoms with Crippen molar-refractivity contribution < 1.29 is 5.11 Å². The summed E-state index contributed by atoms with van der Waals surface area (Å²) in [5, 5.41) is 9.49. The van der Waals surface area contributed by atoms with Crippen LogP contribution in [0.5, 0.6) is 5.75 Å². The molecule has 0 saturated carbocycles. The van der Waals surface area contributed by atoms with Crippen LogP contribution in [0.25, 0.3) is 11.1 Å². The van der Waals surface area contributed by atoms with Gasteiger partial charge in [-0.2, -0.15) is 0 Å². The van der Waals surface area contributed by atoms with E-state index >= 15 is 0 Å². The van der Waals surface area contributed by atoms with E-state index in [9.17, 15) is 5.11 Å². The van der Waals surface area contributed by atoms with E-state index < -0.39 is 0 Å². The fraction of sp³-hybridized carbons (Fsp3) is 0.143. The second kappa shape index (κ2) is 4.18. The molecule has 0 radical (unpaired) electrons. The summed E-state index contributed by atoms with van der Waals surface area (Å²) in [6.07, 6.45) is 0.977. The summed E-state index contributed by atoms with van der Waals surface area (Å²) in [5.41, 5.74) is 3.54. The molecule has 76 valence electrons. The summed E-state index contributed by atoms with van der Waals surface area (Å²) in [6, 6.07) is 15.7. The first-order valence-corrected chi connectivity index (χ1v) is 5.18. The van der Waals surface area contributed by atoms with Gasteiger partial charge in [0.1, 0.15) is 5.75 Å². The maximum atomic E-state index is 9.49. The number of phenols is 1. The van der Waals surface area contributed by atoms with Crippen molar-refractivity contribution in [3.63, 3.8) is 0 Å². The van der Waals surface area contributed by atoms with Gasteiger partial charge >= 0.3 is 0 Å². The highest BCUT2D eigenvalue weighted by Crippen LogP contribution is 2.27. The zero-order chi connectivity index (χ0) is 10.7. The van der Waals surface area contributed by atoms with Crippen molar-refractivity contribution in [3.8, 4) is 16.9 Å². The molecule has 0 aliphatic heterocycles. The van der Waals surface area contributed by atoms with E-state index in [0.717, 1.165) is 17.5 Å². The molecule has 2 aromatic rings. The average Bonchev–Trinajstić information content (AvgIpc) is 2.30. The number of rotatable bonds is 2. The minimum Gasteiger partial charge on any atom is -0.508 e. The molecule has 2 rings (SSSR count). The average molecular weight is 198 g/mol. The van der Waals surface area contributed by atoms with Crippen LogP contribution in [0.3, 0.4) is 0 Å². The number of hydrogen-bond donors (Lipinski definition) is 1. The Morgan fingerprint density at radius 3 is 2.40 bits per heavy atom. The maximum absolute atomic E-state index is 9.49. The van der Waals surface area contributed by atoms with Gasteiger partial charge in [-0.25, -0.2) is 0 Å². The van der Waals surface area contributed by atoms with Crippen LogP contribution in [-0.4, -0.2) is 5.11 Å². The minimum atomic E-state index is 0.325. The second-order valence-electron chi connectivity index (χ2n) is 3.56. The Morgan fingerprint density at radius 2 is 1.73 bits per heavy atom. The lowest BCUT2D eigenvalue weighted by atomic mass is 9.98. The molecule has 0 fully saturated rings. The van der Waals surface area contributed by atoms with Gasteiger partial charge in [-0.05, 0) is 35.2 Å². The Bertz CT molecular complexity index is 446. The van der Waals surface area contributed by atoms with Crippen LogP contribution in [-0.2, 0) is 6.42 Å². The summed E-state index contributed by atoms with van der Waals surface area (Å²) in [4.78, 5) is 0. The predicted molar refractivity (Wildman–Crippen MR) is 62.9 cm³/mol. The molecule has 2 aromatic carbocycles. The van der Waals surface area contributed by atoms with Crippen LogP contribution in [0.15, 0.2) is 48.5 Å². The topological polar surface area (TPSA) is 20.2 Å². The molecule has 0 aromatic heterocycles. The highest BCUT2D eigenvalue weighted by molar-refractivity contribution is 5.68. The molecule has 1 heteroatoms. The smallest absolute Gasteiger partial charge is 0.116 e. The molecule has 0 atom stereocenters. The molecule has 1 N–H and O–H groups in total. The Balaban J connectivity index is 2.56. The summed E-state index contributed by atoms with van der Waals surface area (Å²) >= 11 is 0. The van der Waals surface area contributed by atoms with Crippen molar-refractivity contribution >= 4 is 0 Å². The third kappa shape index (κ3) is 2.01. The monoisotopic (exact) mass is 198 g/mol. The standard InChI is InChI=1S/C14H14O/c1-2-11-8-9-13(15)10-14(11)12-6-4-3-5-7-12/h3-10,15H,2H2,1H3. The molecular weight excluding hydrogens is 184 g/mol. The molecule has 15 heavy (non-hydrogen) atoms. The van der Waals surface area contributed by atoms with Crippen LogP contribution >= 0.6 is 0 Å². The molecule has 0 aliphatic carbocycles. The van der Waals surface area contributed by atoms with Crippen molar-refractivity contribution in [2.75, 3.05) is 0 Å². The largest absolute Gasteiger partial charge is 0.508 e. The SMILES string of the molecule is CCc1ccc(O)cc1-c1ccccc1. The molecule has 0 heterocycles. The third-order valence-electron chi connectivity index (χ3n) is 2.56. The molecule has 0 spiro atoms. The van der Waals surface area contributed by atoms with Crippen LogP contribution < -0.4 is 0 Å². The highest BCUT2D eigenvalue weighted by atomic mass is 16.3. The zero-order valence-corrected chi connectivity index (χ0v) is 8.77. The first-order chi connectivity index (χ1) is 7.31. The van der Waals surface area contributed by atoms with Crippen LogP contribution in [0.2, 0.25) is 0 Å². The first kappa shape index (κ1) is 9.78. The normalized spacial score (nSPS) is 10.2. The van der Waals surface area contributed by atoms with Crippen LogP contribution in [0.4, 0.5) is 0 Å². The van der Waals surface area contributed by atoms with Gasteiger partial charge in [0.15, 0.2) is 0 Å². The Morgan fingerprint density at radius 1 is 1.00 bits per heavy atom. The molecule has 0 bridgehead atoms. The van der Waals surface area contributed by atoms with E-state index in [-0.39, 0.29) is 0 Å². The van der Waals surface area contributed by atoms with Crippen molar-refractivity contribution in [1.82, 2.24) is 0 Å². The predicted octanol–water partition coefficient (Wildman–Crippen LogP) is 3.62. The lowest BCUT2D eigenvalue weighted by Crippen LogP contribution is -1.86. The first-order valence-electron chi connectivity index (χ1n) is 5.18. The van der Waals surface area contributed by atoms with Gasteiger partial charge in [-0.3, -0.25) is 0 Å². The number of aryl methyl sites for hydroxylation is 1. The van der Waals surface area contributed by atoms with Crippen molar-refractivity contribution in [1.29, 1.82) is 0 Å². The summed E-state index contributed by atoms with van der Waals surface area (Å²) in [6.45, 7) is 2.12. The number of phenolic OH excluding ortho intramolecular Hbond substituents is 1. The van der Waals surface area contributed by atoms with E-state index in [0.29, 0.717) is 5.75 Å². The molecule has 0 aliphatic rings. The van der Waals surface area contributed by atoms with Crippen LogP contribution in [0.1, 0.15) is 12.5 Å². The Kier molecular flexibility index (Phi) is 2.72. The Hall–Kier alpha value is -1.76. The van der Waals surface area contributed by atoms with E-state index in [2.05, 4.69) is 19.1 Å². The van der Waals surface area contributed by atoms with Gasteiger partial charge in [-0.15, -0.1) is 0 Å². The Labute approximate surface area is 90.0 Å². The van der Waals surface area contributed by atoms with Gasteiger partial charge in [0.2, 0.25) is 0 Å². The van der Waals surface area contributed by atoms with E-state index in [4.69, 9.17) is 0 Å². The number of hydrogen-bond acceptors (Lipinski definition) is 1. The summed E-state index contributed by atoms with van der Waals surface area (Å²) in [7, 11) is 0. The van der Waals surface area contributed by atoms with Gasteiger partial charge in [0, 0.05) is 0 Å². The van der Waals surface area contributed by atoms with Gasteiger partial charge in [0.05, 0.1) is 0 Å². The van der Waals surface area contributed by atoms with Crippen molar-refractivity contribution in [3.05, 3.63) is 54.1 Å². The number of benzene rings is 2. The van der Waals surface area contributed by atoms with E-state index in [1.54, 1.807) is 6.07 Å². The van der Waals surface area contributed by atoms with Gasteiger partial charge in [0.25, 0.3) is 0 Å². The van der Waals surface area contributed by atoms with E-state index in [1.165, 1.54) is 5.56 Å². The fourth-order valence-corrected chi connectivity index (χ4v) is 1.76.